The van der Waals surface area contributed by atoms with Crippen LogP contribution in [0.4, 0.5) is 0 Å². The first-order valence-electron chi connectivity index (χ1n) is 10.5. The molecule has 160 valence electrons. The molecule has 7 nitrogen and oxygen atoms in total. The minimum Gasteiger partial charge on any atom is -0.457 e. The number of hydrogen-bond donors (Lipinski definition) is 0. The van der Waals surface area contributed by atoms with Crippen molar-refractivity contribution < 1.29 is 9.53 Å². The Morgan fingerprint density at radius 1 is 0.968 bits per heavy atom. The van der Waals surface area contributed by atoms with Crippen molar-refractivity contribution in [2.75, 3.05) is 0 Å². The van der Waals surface area contributed by atoms with Crippen LogP contribution in [0.2, 0.25) is 0 Å². The molecule has 0 amide bonds. The number of rotatable bonds is 9. The fourth-order valence-electron chi connectivity index (χ4n) is 3.75. The Morgan fingerprint density at radius 2 is 1.65 bits per heavy atom. The first-order valence-corrected chi connectivity index (χ1v) is 10.5. The second-order valence-corrected chi connectivity index (χ2v) is 7.44. The lowest BCUT2D eigenvalue weighted by Crippen LogP contribution is -2.25. The topological polar surface area (TPSA) is 71.1 Å². The zero-order valence-electron chi connectivity index (χ0n) is 17.6. The third kappa shape index (κ3) is 4.60. The van der Waals surface area contributed by atoms with Gasteiger partial charge in [0.1, 0.15) is 12.4 Å². The molecule has 4 aromatic rings. The number of aromatic nitrogens is 4. The molecule has 0 saturated heterocycles. The molecule has 7 heteroatoms. The van der Waals surface area contributed by atoms with E-state index in [2.05, 4.69) is 4.98 Å². The maximum atomic E-state index is 12.8. The summed E-state index contributed by atoms with van der Waals surface area (Å²) in [5.41, 5.74) is 2.79. The molecule has 0 bridgehead atoms. The lowest BCUT2D eigenvalue weighted by atomic mass is 10.2. The van der Waals surface area contributed by atoms with Crippen molar-refractivity contribution in [3.63, 3.8) is 0 Å². The van der Waals surface area contributed by atoms with E-state index in [4.69, 9.17) is 4.74 Å². The molecule has 0 fully saturated rings. The summed E-state index contributed by atoms with van der Waals surface area (Å²) in [6, 6.07) is 17.7. The van der Waals surface area contributed by atoms with E-state index in [1.807, 2.05) is 72.3 Å². The average molecular weight is 418 g/mol. The van der Waals surface area contributed by atoms with Gasteiger partial charge in [-0.25, -0.2) is 9.78 Å². The molecule has 4 rings (SSSR count). The van der Waals surface area contributed by atoms with Crippen LogP contribution in [-0.4, -0.2) is 24.7 Å². The van der Waals surface area contributed by atoms with E-state index in [0.717, 1.165) is 23.0 Å². The molecule has 0 spiro atoms. The minimum absolute atomic E-state index is 0.0887. The summed E-state index contributed by atoms with van der Waals surface area (Å²) in [5.74, 6) is 0.336. The van der Waals surface area contributed by atoms with Gasteiger partial charge < -0.3 is 9.30 Å². The molecule has 0 aliphatic carbocycles. The normalized spacial score (nSPS) is 11.1. The largest absolute Gasteiger partial charge is 0.457 e. The van der Waals surface area contributed by atoms with Gasteiger partial charge in [-0.15, -0.1) is 0 Å². The van der Waals surface area contributed by atoms with Crippen LogP contribution in [0.1, 0.15) is 31.2 Å². The van der Waals surface area contributed by atoms with Gasteiger partial charge in [0, 0.05) is 32.0 Å². The number of para-hydroxylation sites is 2. The summed E-state index contributed by atoms with van der Waals surface area (Å²) in [6.07, 6.45) is 4.57. The minimum atomic E-state index is -0.353. The molecule has 2 aromatic carbocycles. The van der Waals surface area contributed by atoms with Crippen molar-refractivity contribution in [1.29, 1.82) is 0 Å². The Morgan fingerprint density at radius 3 is 2.35 bits per heavy atom. The summed E-state index contributed by atoms with van der Waals surface area (Å²) in [5, 5.41) is 0. The van der Waals surface area contributed by atoms with Gasteiger partial charge in [0.25, 0.3) is 0 Å². The van der Waals surface area contributed by atoms with Gasteiger partial charge in [0.15, 0.2) is 0 Å². The summed E-state index contributed by atoms with van der Waals surface area (Å²) >= 11 is 0. The van der Waals surface area contributed by atoms with Crippen LogP contribution in [-0.2, 0) is 35.8 Å². The average Bonchev–Trinajstić information content (AvgIpc) is 3.34. The van der Waals surface area contributed by atoms with Gasteiger partial charge in [-0.05, 0) is 24.1 Å². The Kier molecular flexibility index (Phi) is 6.31. The number of esters is 1. The number of nitrogens with zero attached hydrogens (tertiary/aromatic N) is 4. The highest BCUT2D eigenvalue weighted by Gasteiger charge is 2.14. The molecule has 2 heterocycles. The number of aryl methyl sites for hydroxylation is 2. The lowest BCUT2D eigenvalue weighted by Gasteiger charge is -2.09. The molecule has 2 aromatic heterocycles. The maximum Gasteiger partial charge on any atom is 0.329 e. The van der Waals surface area contributed by atoms with E-state index >= 15 is 0 Å². The molecule has 0 atom stereocenters. The molecule has 0 saturated carbocycles. The smallest absolute Gasteiger partial charge is 0.329 e. The second-order valence-electron chi connectivity index (χ2n) is 7.44. The highest BCUT2D eigenvalue weighted by Crippen LogP contribution is 2.14. The number of fused-ring (bicyclic) bond motifs is 1. The Labute approximate surface area is 180 Å². The first kappa shape index (κ1) is 20.7. The van der Waals surface area contributed by atoms with Gasteiger partial charge in [-0.3, -0.25) is 13.9 Å². The molecule has 0 aliphatic rings. The SMILES string of the molecule is CCCn1c(=O)n(CCC(=O)OCc2nccn2Cc2ccccc2)c2ccccc21. The highest BCUT2D eigenvalue weighted by molar-refractivity contribution is 5.76. The Hall–Kier alpha value is -3.61. The molecule has 0 radical (unpaired) electrons. The number of hydrogen-bond acceptors (Lipinski definition) is 4. The Bertz CT molecular complexity index is 1220. The fourth-order valence-corrected chi connectivity index (χ4v) is 3.75. The predicted octanol–water partition coefficient (Wildman–Crippen LogP) is 3.59. The number of carbonyl (C=O) groups is 1. The van der Waals surface area contributed by atoms with E-state index in [-0.39, 0.29) is 31.2 Å². The van der Waals surface area contributed by atoms with Crippen LogP contribution in [0, 0.1) is 0 Å². The summed E-state index contributed by atoms with van der Waals surface area (Å²) in [7, 11) is 0. The maximum absolute atomic E-state index is 12.8. The number of carbonyl (C=O) groups excluding carboxylic acids is 1. The number of imidazole rings is 2. The zero-order valence-corrected chi connectivity index (χ0v) is 17.6. The van der Waals surface area contributed by atoms with Gasteiger partial charge in [0.2, 0.25) is 0 Å². The van der Waals surface area contributed by atoms with E-state index in [0.29, 0.717) is 18.9 Å². The van der Waals surface area contributed by atoms with Crippen LogP contribution >= 0.6 is 0 Å². The second kappa shape index (κ2) is 9.47. The van der Waals surface area contributed by atoms with Crippen molar-refractivity contribution in [2.24, 2.45) is 0 Å². The fraction of sp³-hybridized carbons (Fsp3) is 0.292. The van der Waals surface area contributed by atoms with Crippen molar-refractivity contribution in [1.82, 2.24) is 18.7 Å². The van der Waals surface area contributed by atoms with Crippen LogP contribution in [0.25, 0.3) is 11.0 Å². The van der Waals surface area contributed by atoms with Gasteiger partial charge in [0.05, 0.1) is 17.5 Å². The van der Waals surface area contributed by atoms with Gasteiger partial charge in [-0.1, -0.05) is 49.4 Å². The molecule has 0 N–H and O–H groups in total. The quantitative estimate of drug-likeness (QED) is 0.390. The van der Waals surface area contributed by atoms with Crippen molar-refractivity contribution in [3.8, 4) is 0 Å². The van der Waals surface area contributed by atoms with E-state index in [9.17, 15) is 9.59 Å². The third-order valence-corrected chi connectivity index (χ3v) is 5.27. The number of benzene rings is 2. The number of ether oxygens (including phenoxy) is 1. The van der Waals surface area contributed by atoms with E-state index in [1.165, 1.54) is 0 Å². The summed E-state index contributed by atoms with van der Waals surface area (Å²) in [6.45, 7) is 3.75. The van der Waals surface area contributed by atoms with Crippen LogP contribution in [0.15, 0.2) is 71.8 Å². The monoisotopic (exact) mass is 418 g/mol. The van der Waals surface area contributed by atoms with Crippen molar-refractivity contribution in [3.05, 3.63) is 88.9 Å². The molecular weight excluding hydrogens is 392 g/mol. The predicted molar refractivity (Wildman–Crippen MR) is 119 cm³/mol. The first-order chi connectivity index (χ1) is 15.2. The summed E-state index contributed by atoms with van der Waals surface area (Å²) in [4.78, 5) is 29.5. The van der Waals surface area contributed by atoms with Crippen molar-refractivity contribution >= 4 is 17.0 Å². The van der Waals surface area contributed by atoms with Crippen molar-refractivity contribution in [2.45, 2.75) is 46.0 Å². The molecule has 31 heavy (non-hydrogen) atoms. The third-order valence-electron chi connectivity index (χ3n) is 5.27. The van der Waals surface area contributed by atoms with Gasteiger partial charge >= 0.3 is 11.7 Å². The highest BCUT2D eigenvalue weighted by atomic mass is 16.5. The molecular formula is C24H26N4O3. The standard InChI is InChI=1S/C24H26N4O3/c1-2-14-27-20-10-6-7-11-21(20)28(24(27)30)15-12-23(29)31-18-22-25-13-16-26(22)17-19-8-4-3-5-9-19/h3-11,13,16H,2,12,14-15,17-18H2,1H3. The van der Waals surface area contributed by atoms with E-state index < -0.39 is 0 Å². The molecule has 0 aliphatic heterocycles. The Balaban J connectivity index is 1.39. The van der Waals surface area contributed by atoms with E-state index in [1.54, 1.807) is 15.3 Å². The van der Waals surface area contributed by atoms with Crippen LogP contribution < -0.4 is 5.69 Å². The van der Waals surface area contributed by atoms with Crippen LogP contribution in [0.3, 0.4) is 0 Å². The zero-order chi connectivity index (χ0) is 21.6. The van der Waals surface area contributed by atoms with Crippen LogP contribution in [0.5, 0.6) is 0 Å². The molecule has 0 unspecified atom stereocenters. The summed E-state index contributed by atoms with van der Waals surface area (Å²) < 4.78 is 10.8. The van der Waals surface area contributed by atoms with Gasteiger partial charge in [-0.2, -0.15) is 0 Å². The lowest BCUT2D eigenvalue weighted by molar-refractivity contribution is -0.145.